The van der Waals surface area contributed by atoms with E-state index in [1.165, 1.54) is 11.1 Å². The quantitative estimate of drug-likeness (QED) is 0.228. The fraction of sp³-hybridized carbons (Fsp3) is 0.524. The van der Waals surface area contributed by atoms with Gasteiger partial charge in [0.15, 0.2) is 5.96 Å². The van der Waals surface area contributed by atoms with Gasteiger partial charge in [0.2, 0.25) is 0 Å². The van der Waals surface area contributed by atoms with E-state index in [9.17, 15) is 0 Å². The molecule has 2 rings (SSSR count). The number of guanidine groups is 1. The Morgan fingerprint density at radius 1 is 1.18 bits per heavy atom. The maximum Gasteiger partial charge on any atom is 0.191 e. The average Bonchev–Trinajstić information content (AvgIpc) is 3.12. The summed E-state index contributed by atoms with van der Waals surface area (Å²) in [7, 11) is 1.82. The number of rotatable bonds is 10. The summed E-state index contributed by atoms with van der Waals surface area (Å²) in [6, 6.07) is 11.0. The van der Waals surface area contributed by atoms with Crippen LogP contribution in [0.4, 0.5) is 0 Å². The zero-order valence-corrected chi connectivity index (χ0v) is 19.9. The second-order valence-electron chi connectivity index (χ2n) is 6.66. The van der Waals surface area contributed by atoms with Gasteiger partial charge in [-0.25, -0.2) is 0 Å². The molecule has 6 nitrogen and oxygen atoms in total. The van der Waals surface area contributed by atoms with Crippen LogP contribution in [0.2, 0.25) is 0 Å². The minimum absolute atomic E-state index is 0. The Hall–Kier alpha value is -1.61. The van der Waals surface area contributed by atoms with E-state index in [0.29, 0.717) is 6.04 Å². The van der Waals surface area contributed by atoms with E-state index in [1.54, 1.807) is 0 Å². The molecular formula is C21H35IN6. The van der Waals surface area contributed by atoms with Crippen LogP contribution in [0.25, 0.3) is 0 Å². The fourth-order valence-corrected chi connectivity index (χ4v) is 3.25. The van der Waals surface area contributed by atoms with Crippen molar-refractivity contribution >= 4 is 29.9 Å². The maximum absolute atomic E-state index is 4.37. The normalized spacial score (nSPS) is 12.5. The summed E-state index contributed by atoms with van der Waals surface area (Å²) in [6.45, 7) is 11.1. The Morgan fingerprint density at radius 3 is 2.46 bits per heavy atom. The Bertz CT molecular complexity index is 681. The van der Waals surface area contributed by atoms with Crippen molar-refractivity contribution in [1.82, 2.24) is 25.3 Å². The zero-order chi connectivity index (χ0) is 19.5. The lowest BCUT2D eigenvalue weighted by atomic mass is 10.1. The molecule has 1 unspecified atom stereocenters. The van der Waals surface area contributed by atoms with E-state index in [2.05, 4.69) is 82.9 Å². The minimum atomic E-state index is 0. The van der Waals surface area contributed by atoms with Crippen molar-refractivity contribution in [2.24, 2.45) is 4.99 Å². The predicted octanol–water partition coefficient (Wildman–Crippen LogP) is 3.45. The number of aromatic nitrogens is 2. The molecular weight excluding hydrogens is 463 g/mol. The lowest BCUT2D eigenvalue weighted by Gasteiger charge is -2.30. The second kappa shape index (κ2) is 13.5. The summed E-state index contributed by atoms with van der Waals surface area (Å²) in [4.78, 5) is 6.83. The lowest BCUT2D eigenvalue weighted by molar-refractivity contribution is 0.219. The monoisotopic (exact) mass is 498 g/mol. The Balaban J connectivity index is 0.00000392. The number of halogens is 1. The van der Waals surface area contributed by atoms with Crippen LogP contribution in [0.3, 0.4) is 0 Å². The number of aryl methyl sites for hydroxylation is 2. The average molecular weight is 498 g/mol. The third-order valence-corrected chi connectivity index (χ3v) is 4.74. The highest BCUT2D eigenvalue weighted by Crippen LogP contribution is 2.19. The van der Waals surface area contributed by atoms with Crippen molar-refractivity contribution in [3.05, 3.63) is 53.9 Å². The SMILES string of the molecule is CCN(CC)C(CNC(=NC)NCCCn1cc(C)cn1)c1ccccc1.I. The van der Waals surface area contributed by atoms with Gasteiger partial charge >= 0.3 is 0 Å². The fourth-order valence-electron chi connectivity index (χ4n) is 3.25. The van der Waals surface area contributed by atoms with Gasteiger partial charge in [-0.3, -0.25) is 14.6 Å². The van der Waals surface area contributed by atoms with Crippen molar-refractivity contribution in [1.29, 1.82) is 0 Å². The van der Waals surface area contributed by atoms with Gasteiger partial charge in [0.25, 0.3) is 0 Å². The summed E-state index contributed by atoms with van der Waals surface area (Å²) in [5, 5.41) is 11.2. The molecule has 1 aromatic carbocycles. The number of nitrogens with one attached hydrogen (secondary N) is 2. The van der Waals surface area contributed by atoms with Crippen LogP contribution in [0, 0.1) is 6.92 Å². The molecule has 0 radical (unpaired) electrons. The van der Waals surface area contributed by atoms with Gasteiger partial charge in [0.1, 0.15) is 0 Å². The first-order valence-corrected chi connectivity index (χ1v) is 9.90. The Labute approximate surface area is 186 Å². The summed E-state index contributed by atoms with van der Waals surface area (Å²) in [5.74, 6) is 0.847. The summed E-state index contributed by atoms with van der Waals surface area (Å²) >= 11 is 0. The molecule has 0 aliphatic heterocycles. The molecule has 1 heterocycles. The molecule has 2 N–H and O–H groups in total. The third-order valence-electron chi connectivity index (χ3n) is 4.74. The summed E-state index contributed by atoms with van der Waals surface area (Å²) < 4.78 is 1.99. The van der Waals surface area contributed by atoms with Crippen LogP contribution in [-0.4, -0.2) is 53.9 Å². The van der Waals surface area contributed by atoms with Crippen LogP contribution in [-0.2, 0) is 6.54 Å². The van der Waals surface area contributed by atoms with E-state index < -0.39 is 0 Å². The van der Waals surface area contributed by atoms with E-state index in [-0.39, 0.29) is 24.0 Å². The first-order chi connectivity index (χ1) is 13.2. The number of aliphatic imine (C=N–C) groups is 1. The van der Waals surface area contributed by atoms with Crippen molar-refractivity contribution in [2.75, 3.05) is 33.2 Å². The van der Waals surface area contributed by atoms with E-state index in [4.69, 9.17) is 0 Å². The molecule has 0 bridgehead atoms. The van der Waals surface area contributed by atoms with Gasteiger partial charge < -0.3 is 10.6 Å². The van der Waals surface area contributed by atoms with Crippen molar-refractivity contribution < 1.29 is 0 Å². The predicted molar refractivity (Wildman–Crippen MR) is 128 cm³/mol. The first kappa shape index (κ1) is 24.4. The Kier molecular flexibility index (Phi) is 11.8. The van der Waals surface area contributed by atoms with Crippen molar-refractivity contribution in [3.63, 3.8) is 0 Å². The number of hydrogen-bond acceptors (Lipinski definition) is 3. The van der Waals surface area contributed by atoms with Gasteiger partial charge in [-0.2, -0.15) is 5.10 Å². The molecule has 0 fully saturated rings. The van der Waals surface area contributed by atoms with Gasteiger partial charge in [-0.05, 0) is 37.6 Å². The third kappa shape index (κ3) is 7.79. The van der Waals surface area contributed by atoms with Gasteiger partial charge in [0.05, 0.1) is 12.2 Å². The highest BCUT2D eigenvalue weighted by atomic mass is 127. The van der Waals surface area contributed by atoms with Crippen LogP contribution in [0.1, 0.15) is 37.4 Å². The highest BCUT2D eigenvalue weighted by molar-refractivity contribution is 14.0. The van der Waals surface area contributed by atoms with Crippen molar-refractivity contribution in [3.8, 4) is 0 Å². The maximum atomic E-state index is 4.37. The standard InChI is InChI=1S/C21H34N6.HI/c1-5-26(6-2)20(19-11-8-7-9-12-19)16-24-21(22-4)23-13-10-14-27-17-18(3)15-25-27;/h7-9,11-12,15,17,20H,5-6,10,13-14,16H2,1-4H3,(H2,22,23,24);1H. The molecule has 2 aromatic rings. The van der Waals surface area contributed by atoms with Crippen LogP contribution < -0.4 is 10.6 Å². The molecule has 1 aromatic heterocycles. The highest BCUT2D eigenvalue weighted by Gasteiger charge is 2.18. The largest absolute Gasteiger partial charge is 0.356 e. The summed E-state index contributed by atoms with van der Waals surface area (Å²) in [6.07, 6.45) is 4.96. The van der Waals surface area contributed by atoms with E-state index in [0.717, 1.165) is 45.1 Å². The second-order valence-corrected chi connectivity index (χ2v) is 6.66. The van der Waals surface area contributed by atoms with Gasteiger partial charge in [0, 0.05) is 32.9 Å². The van der Waals surface area contributed by atoms with Crippen LogP contribution >= 0.6 is 24.0 Å². The smallest absolute Gasteiger partial charge is 0.191 e. The number of nitrogens with zero attached hydrogens (tertiary/aromatic N) is 4. The van der Waals surface area contributed by atoms with E-state index >= 15 is 0 Å². The molecule has 7 heteroatoms. The molecule has 28 heavy (non-hydrogen) atoms. The molecule has 0 aliphatic rings. The van der Waals surface area contributed by atoms with E-state index in [1.807, 2.05) is 17.9 Å². The lowest BCUT2D eigenvalue weighted by Crippen LogP contribution is -2.43. The topological polar surface area (TPSA) is 57.5 Å². The minimum Gasteiger partial charge on any atom is -0.356 e. The molecule has 0 aliphatic carbocycles. The summed E-state index contributed by atoms with van der Waals surface area (Å²) in [5.41, 5.74) is 2.53. The van der Waals surface area contributed by atoms with Gasteiger partial charge in [-0.15, -0.1) is 24.0 Å². The number of likely N-dealkylation sites (N-methyl/N-ethyl adjacent to an activating group) is 1. The van der Waals surface area contributed by atoms with Crippen LogP contribution in [0.5, 0.6) is 0 Å². The molecule has 156 valence electrons. The molecule has 0 spiro atoms. The molecule has 0 saturated carbocycles. The first-order valence-electron chi connectivity index (χ1n) is 9.90. The number of benzene rings is 1. The van der Waals surface area contributed by atoms with Crippen molar-refractivity contribution in [2.45, 2.75) is 39.8 Å². The Morgan fingerprint density at radius 2 is 1.89 bits per heavy atom. The van der Waals surface area contributed by atoms with Gasteiger partial charge in [-0.1, -0.05) is 44.2 Å². The number of hydrogen-bond donors (Lipinski definition) is 2. The molecule has 0 amide bonds. The zero-order valence-electron chi connectivity index (χ0n) is 17.6. The molecule has 0 saturated heterocycles. The van der Waals surface area contributed by atoms with Crippen LogP contribution in [0.15, 0.2) is 47.7 Å². The molecule has 1 atom stereocenters.